The molecule has 1 aromatic carbocycles. The van der Waals surface area contributed by atoms with Crippen LogP contribution in [0.15, 0.2) is 28.7 Å². The molecule has 0 spiro atoms. The summed E-state index contributed by atoms with van der Waals surface area (Å²) in [7, 11) is 1.85. The minimum Gasteiger partial charge on any atom is -0.328 e. The van der Waals surface area contributed by atoms with Gasteiger partial charge in [0.1, 0.15) is 0 Å². The molecule has 1 fully saturated rings. The number of hydrogen-bond donors (Lipinski definition) is 1. The van der Waals surface area contributed by atoms with Crippen molar-refractivity contribution in [2.45, 2.75) is 25.4 Å². The van der Waals surface area contributed by atoms with E-state index in [9.17, 15) is 4.79 Å². The van der Waals surface area contributed by atoms with E-state index in [1.54, 1.807) is 4.90 Å². The van der Waals surface area contributed by atoms with E-state index in [4.69, 9.17) is 5.73 Å². The number of nitrogens with zero attached hydrogens (tertiary/aromatic N) is 2. The van der Waals surface area contributed by atoms with Crippen LogP contribution in [0.5, 0.6) is 0 Å². The number of benzene rings is 1. The Morgan fingerprint density at radius 3 is 2.63 bits per heavy atom. The Kier molecular flexibility index (Phi) is 3.87. The third-order valence-corrected chi connectivity index (χ3v) is 4.57. The maximum absolute atomic E-state index is 12.4. The Bertz CT molecular complexity index is 489. The largest absolute Gasteiger partial charge is 0.328 e. The van der Waals surface area contributed by atoms with Crippen molar-refractivity contribution in [2.24, 2.45) is 5.73 Å². The zero-order valence-electron chi connectivity index (χ0n) is 11.6. The van der Waals surface area contributed by atoms with Gasteiger partial charge in [0, 0.05) is 24.6 Å². The quantitative estimate of drug-likeness (QED) is 0.928. The van der Waals surface area contributed by atoms with E-state index in [0.717, 1.165) is 10.0 Å². The van der Waals surface area contributed by atoms with Crippen LogP contribution in [0.2, 0.25) is 0 Å². The van der Waals surface area contributed by atoms with Gasteiger partial charge in [-0.3, -0.25) is 0 Å². The third kappa shape index (κ3) is 2.49. The highest BCUT2D eigenvalue weighted by Gasteiger charge is 2.42. The molecule has 2 amide bonds. The summed E-state index contributed by atoms with van der Waals surface area (Å²) in [5, 5.41) is 0. The van der Waals surface area contributed by atoms with Crippen LogP contribution in [0.4, 0.5) is 4.79 Å². The average Bonchev–Trinajstić information content (AvgIpc) is 2.68. The smallest absolute Gasteiger partial charge is 0.320 e. The summed E-state index contributed by atoms with van der Waals surface area (Å²) in [6, 6.07) is 8.13. The standard InChI is InChI=1S/C14H20BrN3O/c1-14(2,9-16)18-8-12(17(3)13(18)19)10-6-4-5-7-11(10)15/h4-7,12H,8-9,16H2,1-3H3. The van der Waals surface area contributed by atoms with Crippen LogP contribution in [0, 0.1) is 0 Å². The van der Waals surface area contributed by atoms with E-state index in [2.05, 4.69) is 22.0 Å². The molecular formula is C14H20BrN3O. The van der Waals surface area contributed by atoms with E-state index in [-0.39, 0.29) is 17.6 Å². The fraction of sp³-hybridized carbons (Fsp3) is 0.500. The highest BCUT2D eigenvalue weighted by atomic mass is 79.9. The zero-order valence-corrected chi connectivity index (χ0v) is 13.1. The molecule has 1 heterocycles. The fourth-order valence-electron chi connectivity index (χ4n) is 2.37. The maximum Gasteiger partial charge on any atom is 0.320 e. The van der Waals surface area contributed by atoms with Gasteiger partial charge in [-0.25, -0.2) is 4.79 Å². The van der Waals surface area contributed by atoms with Gasteiger partial charge in [0.15, 0.2) is 0 Å². The number of urea groups is 1. The van der Waals surface area contributed by atoms with Gasteiger partial charge in [0.25, 0.3) is 0 Å². The van der Waals surface area contributed by atoms with Gasteiger partial charge in [0.05, 0.1) is 11.6 Å². The van der Waals surface area contributed by atoms with Gasteiger partial charge in [-0.2, -0.15) is 0 Å². The first-order chi connectivity index (χ1) is 8.88. The van der Waals surface area contributed by atoms with Crippen LogP contribution >= 0.6 is 15.9 Å². The molecule has 1 unspecified atom stereocenters. The van der Waals surface area contributed by atoms with E-state index >= 15 is 0 Å². The minimum absolute atomic E-state index is 0.0382. The third-order valence-electron chi connectivity index (χ3n) is 3.85. The van der Waals surface area contributed by atoms with Crippen molar-refractivity contribution in [1.82, 2.24) is 9.80 Å². The number of amides is 2. The second kappa shape index (κ2) is 5.13. The predicted octanol–water partition coefficient (Wildman–Crippen LogP) is 2.59. The number of rotatable bonds is 3. The topological polar surface area (TPSA) is 49.6 Å². The summed E-state index contributed by atoms with van der Waals surface area (Å²) >= 11 is 3.56. The van der Waals surface area contributed by atoms with Gasteiger partial charge in [-0.15, -0.1) is 0 Å². The summed E-state index contributed by atoms with van der Waals surface area (Å²) in [5.41, 5.74) is 6.60. The van der Waals surface area contributed by atoms with Gasteiger partial charge >= 0.3 is 6.03 Å². The second-order valence-electron chi connectivity index (χ2n) is 5.56. The molecule has 1 aliphatic rings. The van der Waals surface area contributed by atoms with Crippen molar-refractivity contribution in [1.29, 1.82) is 0 Å². The molecule has 0 radical (unpaired) electrons. The number of nitrogens with two attached hydrogens (primary N) is 1. The molecule has 2 rings (SSSR count). The number of likely N-dealkylation sites (N-methyl/N-ethyl adjacent to an activating group) is 1. The Hall–Kier alpha value is -1.07. The van der Waals surface area contributed by atoms with Crippen molar-refractivity contribution >= 4 is 22.0 Å². The van der Waals surface area contributed by atoms with Crippen molar-refractivity contribution < 1.29 is 4.79 Å². The molecular weight excluding hydrogens is 306 g/mol. The molecule has 1 atom stereocenters. The molecule has 4 nitrogen and oxygen atoms in total. The van der Waals surface area contributed by atoms with Gasteiger partial charge < -0.3 is 15.5 Å². The summed E-state index contributed by atoms with van der Waals surface area (Å²) in [5.74, 6) is 0. The molecule has 2 N–H and O–H groups in total. The van der Waals surface area contributed by atoms with Crippen molar-refractivity contribution in [2.75, 3.05) is 20.1 Å². The molecule has 1 aromatic rings. The maximum atomic E-state index is 12.4. The average molecular weight is 326 g/mol. The number of hydrogen-bond acceptors (Lipinski definition) is 2. The molecule has 0 aromatic heterocycles. The van der Waals surface area contributed by atoms with Crippen LogP contribution in [0.25, 0.3) is 0 Å². The minimum atomic E-state index is -0.318. The first-order valence-electron chi connectivity index (χ1n) is 6.37. The lowest BCUT2D eigenvalue weighted by Gasteiger charge is -2.33. The Morgan fingerprint density at radius 2 is 2.05 bits per heavy atom. The van der Waals surface area contributed by atoms with Crippen molar-refractivity contribution in [3.05, 3.63) is 34.3 Å². The summed E-state index contributed by atoms with van der Waals surface area (Å²) in [6.07, 6.45) is 0. The number of halogens is 1. The Morgan fingerprint density at radius 1 is 1.42 bits per heavy atom. The van der Waals surface area contributed by atoms with E-state index < -0.39 is 0 Å². The van der Waals surface area contributed by atoms with E-state index in [0.29, 0.717) is 13.1 Å². The van der Waals surface area contributed by atoms with E-state index in [1.807, 2.05) is 44.0 Å². The van der Waals surface area contributed by atoms with Crippen LogP contribution in [0.3, 0.4) is 0 Å². The van der Waals surface area contributed by atoms with Crippen molar-refractivity contribution in [3.8, 4) is 0 Å². The monoisotopic (exact) mass is 325 g/mol. The molecule has 1 aliphatic heterocycles. The number of carbonyl (C=O) groups is 1. The van der Waals surface area contributed by atoms with Crippen LogP contribution < -0.4 is 5.73 Å². The molecule has 1 saturated heterocycles. The second-order valence-corrected chi connectivity index (χ2v) is 6.41. The first-order valence-corrected chi connectivity index (χ1v) is 7.16. The molecule has 0 bridgehead atoms. The van der Waals surface area contributed by atoms with E-state index in [1.165, 1.54) is 0 Å². The number of carbonyl (C=O) groups excluding carboxylic acids is 1. The highest BCUT2D eigenvalue weighted by Crippen LogP contribution is 2.35. The molecule has 0 aliphatic carbocycles. The lowest BCUT2D eigenvalue weighted by atomic mass is 10.0. The Balaban J connectivity index is 2.32. The summed E-state index contributed by atoms with van der Waals surface area (Å²) in [4.78, 5) is 16.0. The van der Waals surface area contributed by atoms with Crippen LogP contribution in [-0.4, -0.2) is 41.5 Å². The van der Waals surface area contributed by atoms with Crippen LogP contribution in [0.1, 0.15) is 25.5 Å². The molecule has 104 valence electrons. The molecule has 5 heteroatoms. The molecule has 0 saturated carbocycles. The van der Waals surface area contributed by atoms with Gasteiger partial charge in [-0.05, 0) is 25.5 Å². The lowest BCUT2D eigenvalue weighted by molar-refractivity contribution is 0.154. The van der Waals surface area contributed by atoms with Gasteiger partial charge in [-0.1, -0.05) is 34.1 Å². The normalized spacial score (nSPS) is 20.3. The highest BCUT2D eigenvalue weighted by molar-refractivity contribution is 9.10. The fourth-order valence-corrected chi connectivity index (χ4v) is 2.91. The SMILES string of the molecule is CN1C(=O)N(C(C)(C)CN)CC1c1ccccc1Br. The summed E-state index contributed by atoms with van der Waals surface area (Å²) in [6.45, 7) is 5.12. The predicted molar refractivity (Wildman–Crippen MR) is 79.9 cm³/mol. The van der Waals surface area contributed by atoms with Crippen LogP contribution in [-0.2, 0) is 0 Å². The molecule has 19 heavy (non-hydrogen) atoms. The zero-order chi connectivity index (χ0) is 14.2. The van der Waals surface area contributed by atoms with Crippen molar-refractivity contribution in [3.63, 3.8) is 0 Å². The van der Waals surface area contributed by atoms with Gasteiger partial charge in [0.2, 0.25) is 0 Å². The Labute approximate surface area is 122 Å². The lowest BCUT2D eigenvalue weighted by Crippen LogP contribution is -2.50. The summed E-state index contributed by atoms with van der Waals surface area (Å²) < 4.78 is 1.03. The first kappa shape index (κ1) is 14.3.